The maximum atomic E-state index is 6.38. The number of aromatic nitrogens is 6. The van der Waals surface area contributed by atoms with Gasteiger partial charge < -0.3 is 9.30 Å². The van der Waals surface area contributed by atoms with Crippen molar-refractivity contribution >= 4 is 11.6 Å². The molecule has 1 aliphatic heterocycles. The Balaban J connectivity index is 1.40. The average Bonchev–Trinajstić information content (AvgIpc) is 3.43. The lowest BCUT2D eigenvalue weighted by molar-refractivity contribution is 0.319. The molecule has 5 rings (SSSR count). The van der Waals surface area contributed by atoms with Crippen LogP contribution in [0.4, 0.5) is 0 Å². The number of fused-ring (bicyclic) bond motifs is 1. The number of nitrogens with zero attached hydrogens (tertiary/aromatic N) is 5. The van der Waals surface area contributed by atoms with Gasteiger partial charge in [0, 0.05) is 41.0 Å². The average molecular weight is 393 g/mol. The van der Waals surface area contributed by atoms with Crippen LogP contribution in [0.25, 0.3) is 22.6 Å². The van der Waals surface area contributed by atoms with E-state index in [0.717, 1.165) is 51.2 Å². The standard InChI is InChI=1S/C20H17ClN6O/c1-12-20(25-26-24-12)13-5-6-22-16(7-13)17-9-27(11-23-17)8-14-10-28-18-4-2-3-15(21)19(14)18/h2-7,9,11,14H,8,10H2,1H3,(H,24,25,26)/t14-/m1/s1. The van der Waals surface area contributed by atoms with Crippen LogP contribution in [-0.2, 0) is 6.54 Å². The first-order valence-electron chi connectivity index (χ1n) is 8.96. The fraction of sp³-hybridized carbons (Fsp3) is 0.200. The SMILES string of the molecule is Cc1[nH]nnc1-c1ccnc(-c2cn(C[C@@H]3COc4cccc(Cl)c43)cn2)c1. The van der Waals surface area contributed by atoms with Crippen molar-refractivity contribution in [3.8, 4) is 28.4 Å². The zero-order valence-electron chi connectivity index (χ0n) is 15.1. The lowest BCUT2D eigenvalue weighted by Crippen LogP contribution is -2.09. The van der Waals surface area contributed by atoms with Gasteiger partial charge in [-0.15, -0.1) is 5.10 Å². The first-order chi connectivity index (χ1) is 13.7. The molecule has 1 atom stereocenters. The van der Waals surface area contributed by atoms with Crippen LogP contribution in [0.15, 0.2) is 49.1 Å². The van der Waals surface area contributed by atoms with E-state index in [2.05, 4.69) is 29.9 Å². The highest BCUT2D eigenvalue weighted by molar-refractivity contribution is 6.31. The predicted molar refractivity (Wildman–Crippen MR) is 105 cm³/mol. The van der Waals surface area contributed by atoms with Crippen LogP contribution >= 0.6 is 11.6 Å². The Morgan fingerprint density at radius 2 is 2.18 bits per heavy atom. The molecule has 0 aliphatic carbocycles. The summed E-state index contributed by atoms with van der Waals surface area (Å²) in [6, 6.07) is 9.67. The Hall–Kier alpha value is -3.19. The topological polar surface area (TPSA) is 81.5 Å². The summed E-state index contributed by atoms with van der Waals surface area (Å²) in [6.45, 7) is 3.30. The van der Waals surface area contributed by atoms with Crippen molar-refractivity contribution in [3.05, 3.63) is 65.3 Å². The second kappa shape index (κ2) is 6.76. The molecule has 0 saturated heterocycles. The van der Waals surface area contributed by atoms with E-state index in [1.54, 1.807) is 6.20 Å². The maximum Gasteiger partial charge on any atom is 0.124 e. The minimum atomic E-state index is 0.197. The normalized spacial score (nSPS) is 15.4. The second-order valence-electron chi connectivity index (χ2n) is 6.83. The van der Waals surface area contributed by atoms with E-state index in [4.69, 9.17) is 16.3 Å². The Labute approximate surface area is 166 Å². The van der Waals surface area contributed by atoms with Crippen molar-refractivity contribution in [2.75, 3.05) is 6.61 Å². The Morgan fingerprint density at radius 1 is 1.25 bits per heavy atom. The lowest BCUT2D eigenvalue weighted by atomic mass is 10.0. The molecule has 4 heterocycles. The molecule has 4 aromatic rings. The number of halogens is 1. The molecule has 1 N–H and O–H groups in total. The molecule has 0 saturated carbocycles. The fourth-order valence-electron chi connectivity index (χ4n) is 3.57. The monoisotopic (exact) mass is 392 g/mol. The minimum Gasteiger partial charge on any atom is -0.493 e. The second-order valence-corrected chi connectivity index (χ2v) is 7.24. The van der Waals surface area contributed by atoms with E-state index in [1.807, 2.05) is 49.8 Å². The molecule has 0 unspecified atom stereocenters. The van der Waals surface area contributed by atoms with E-state index in [0.29, 0.717) is 6.61 Å². The molecular weight excluding hydrogens is 376 g/mol. The molecule has 0 radical (unpaired) electrons. The largest absolute Gasteiger partial charge is 0.493 e. The summed E-state index contributed by atoms with van der Waals surface area (Å²) >= 11 is 6.38. The quantitative estimate of drug-likeness (QED) is 0.570. The Kier molecular flexibility index (Phi) is 4.09. The summed E-state index contributed by atoms with van der Waals surface area (Å²) in [5.41, 5.74) is 5.36. The molecule has 140 valence electrons. The number of imidazole rings is 1. The summed E-state index contributed by atoms with van der Waals surface area (Å²) in [5, 5.41) is 11.6. The van der Waals surface area contributed by atoms with Crippen molar-refractivity contribution in [2.24, 2.45) is 0 Å². The van der Waals surface area contributed by atoms with Gasteiger partial charge in [-0.05, 0) is 31.2 Å². The van der Waals surface area contributed by atoms with Gasteiger partial charge >= 0.3 is 0 Å². The first kappa shape index (κ1) is 16.9. The molecule has 8 heteroatoms. The van der Waals surface area contributed by atoms with Gasteiger partial charge in [-0.2, -0.15) is 0 Å². The summed E-state index contributed by atoms with van der Waals surface area (Å²) < 4.78 is 7.83. The smallest absolute Gasteiger partial charge is 0.124 e. The van der Waals surface area contributed by atoms with E-state index in [1.165, 1.54) is 0 Å². The van der Waals surface area contributed by atoms with Crippen molar-refractivity contribution in [1.82, 2.24) is 29.9 Å². The van der Waals surface area contributed by atoms with Crippen LogP contribution in [0, 0.1) is 6.92 Å². The van der Waals surface area contributed by atoms with Gasteiger partial charge in [-0.1, -0.05) is 22.9 Å². The highest BCUT2D eigenvalue weighted by Gasteiger charge is 2.27. The van der Waals surface area contributed by atoms with Crippen LogP contribution < -0.4 is 4.74 Å². The number of pyridine rings is 1. The summed E-state index contributed by atoms with van der Waals surface area (Å²) in [5.74, 6) is 1.07. The molecule has 3 aromatic heterocycles. The number of hydrogen-bond donors (Lipinski definition) is 1. The third-order valence-electron chi connectivity index (χ3n) is 4.94. The third-order valence-corrected chi connectivity index (χ3v) is 5.27. The number of ether oxygens (including phenoxy) is 1. The first-order valence-corrected chi connectivity index (χ1v) is 9.34. The minimum absolute atomic E-state index is 0.197. The molecule has 7 nitrogen and oxygen atoms in total. The summed E-state index contributed by atoms with van der Waals surface area (Å²) in [4.78, 5) is 9.00. The van der Waals surface area contributed by atoms with Gasteiger partial charge in [-0.3, -0.25) is 10.1 Å². The molecule has 28 heavy (non-hydrogen) atoms. The number of H-pyrrole nitrogens is 1. The number of rotatable bonds is 4. The van der Waals surface area contributed by atoms with Gasteiger partial charge in [0.25, 0.3) is 0 Å². The zero-order chi connectivity index (χ0) is 19.1. The van der Waals surface area contributed by atoms with Crippen molar-refractivity contribution in [2.45, 2.75) is 19.4 Å². The number of aromatic amines is 1. The molecule has 0 bridgehead atoms. The highest BCUT2D eigenvalue weighted by atomic mass is 35.5. The van der Waals surface area contributed by atoms with Crippen molar-refractivity contribution < 1.29 is 4.74 Å². The van der Waals surface area contributed by atoms with Gasteiger partial charge in [0.15, 0.2) is 0 Å². The number of aryl methyl sites for hydroxylation is 1. The van der Waals surface area contributed by atoms with Gasteiger partial charge in [-0.25, -0.2) is 4.98 Å². The lowest BCUT2D eigenvalue weighted by Gasteiger charge is -2.10. The molecular formula is C20H17ClN6O. The predicted octanol–water partition coefficient (Wildman–Crippen LogP) is 3.87. The van der Waals surface area contributed by atoms with Gasteiger partial charge in [0.1, 0.15) is 17.1 Å². The van der Waals surface area contributed by atoms with Crippen molar-refractivity contribution in [1.29, 1.82) is 0 Å². The molecule has 0 amide bonds. The van der Waals surface area contributed by atoms with E-state index >= 15 is 0 Å². The molecule has 1 aliphatic rings. The van der Waals surface area contributed by atoms with Crippen LogP contribution in [-0.4, -0.2) is 36.6 Å². The van der Waals surface area contributed by atoms with Crippen LogP contribution in [0.5, 0.6) is 5.75 Å². The number of benzene rings is 1. The van der Waals surface area contributed by atoms with Crippen LogP contribution in [0.3, 0.4) is 0 Å². The van der Waals surface area contributed by atoms with Crippen LogP contribution in [0.1, 0.15) is 17.2 Å². The summed E-state index contributed by atoms with van der Waals surface area (Å²) in [7, 11) is 0. The van der Waals surface area contributed by atoms with Crippen LogP contribution in [0.2, 0.25) is 5.02 Å². The maximum absolute atomic E-state index is 6.38. The molecule has 1 aromatic carbocycles. The number of hydrogen-bond acceptors (Lipinski definition) is 5. The Morgan fingerprint density at radius 3 is 3.04 bits per heavy atom. The van der Waals surface area contributed by atoms with E-state index < -0.39 is 0 Å². The van der Waals surface area contributed by atoms with Gasteiger partial charge in [0.05, 0.1) is 24.3 Å². The number of nitrogens with one attached hydrogen (secondary N) is 1. The summed E-state index contributed by atoms with van der Waals surface area (Å²) in [6.07, 6.45) is 5.58. The van der Waals surface area contributed by atoms with E-state index in [-0.39, 0.29) is 5.92 Å². The third kappa shape index (κ3) is 2.93. The zero-order valence-corrected chi connectivity index (χ0v) is 15.9. The molecule has 0 fully saturated rings. The Bertz CT molecular complexity index is 1150. The molecule has 0 spiro atoms. The fourth-order valence-corrected chi connectivity index (χ4v) is 3.89. The van der Waals surface area contributed by atoms with Crippen molar-refractivity contribution in [3.63, 3.8) is 0 Å². The van der Waals surface area contributed by atoms with Gasteiger partial charge in [0.2, 0.25) is 0 Å². The highest BCUT2D eigenvalue weighted by Crippen LogP contribution is 2.39. The van der Waals surface area contributed by atoms with E-state index in [9.17, 15) is 0 Å².